The van der Waals surface area contributed by atoms with Crippen LogP contribution in [0.1, 0.15) is 37.4 Å². The van der Waals surface area contributed by atoms with Gasteiger partial charge in [-0.25, -0.2) is 9.59 Å². The number of ether oxygens (including phenoxy) is 4. The Morgan fingerprint density at radius 3 is 1.61 bits per heavy atom. The van der Waals surface area contributed by atoms with Crippen molar-refractivity contribution in [3.8, 4) is 17.5 Å². The molecule has 4 aromatic carbocycles. The molecule has 204 valence electrons. The monoisotopic (exact) mass is 545 g/mol. The van der Waals surface area contributed by atoms with Crippen molar-refractivity contribution in [2.45, 2.75) is 19.8 Å². The molecule has 0 N–H and O–H groups in total. The smallest absolute Gasteiger partial charge is 0.349 e. The van der Waals surface area contributed by atoms with Gasteiger partial charge in [0, 0.05) is 6.07 Å². The van der Waals surface area contributed by atoms with Gasteiger partial charge in [-0.1, -0.05) is 109 Å². The van der Waals surface area contributed by atoms with Crippen molar-refractivity contribution in [1.82, 2.24) is 4.98 Å². The van der Waals surface area contributed by atoms with Crippen molar-refractivity contribution in [3.63, 3.8) is 0 Å². The van der Waals surface area contributed by atoms with E-state index in [0.717, 1.165) is 16.7 Å². The number of carbonyl (C=O) groups is 2. The molecule has 41 heavy (non-hydrogen) atoms. The summed E-state index contributed by atoms with van der Waals surface area (Å²) in [6, 6.07) is 38.1. The van der Waals surface area contributed by atoms with Gasteiger partial charge in [-0.2, -0.15) is 4.98 Å². The fourth-order valence-electron chi connectivity index (χ4n) is 3.94. The second kappa shape index (κ2) is 13.6. The molecule has 0 saturated carbocycles. The minimum Gasteiger partial charge on any atom is -0.473 e. The van der Waals surface area contributed by atoms with Crippen LogP contribution in [0.2, 0.25) is 0 Å². The Morgan fingerprint density at radius 1 is 0.561 bits per heavy atom. The highest BCUT2D eigenvalue weighted by Crippen LogP contribution is 2.29. The highest BCUT2D eigenvalue weighted by molar-refractivity contribution is 6.05. The Bertz CT molecular complexity index is 1580. The van der Waals surface area contributed by atoms with Crippen LogP contribution >= 0.6 is 0 Å². The van der Waals surface area contributed by atoms with E-state index < -0.39 is 11.9 Å². The Balaban J connectivity index is 1.51. The minimum atomic E-state index is -0.812. The predicted molar refractivity (Wildman–Crippen MR) is 153 cm³/mol. The molecule has 1 aromatic heterocycles. The van der Waals surface area contributed by atoms with Crippen LogP contribution in [0.3, 0.4) is 0 Å². The quantitative estimate of drug-likeness (QED) is 0.133. The molecular weight excluding hydrogens is 518 g/mol. The Hall–Kier alpha value is -5.43. The van der Waals surface area contributed by atoms with Gasteiger partial charge in [0.1, 0.15) is 31.1 Å². The molecule has 0 aliphatic rings. The summed E-state index contributed by atoms with van der Waals surface area (Å²) in [4.78, 5) is 31.5. The molecule has 5 aromatic rings. The van der Waals surface area contributed by atoms with E-state index in [2.05, 4.69) is 4.98 Å². The van der Waals surface area contributed by atoms with E-state index in [4.69, 9.17) is 18.9 Å². The average molecular weight is 546 g/mol. The number of pyridine rings is 1. The molecule has 0 fully saturated rings. The number of hydrogen-bond acceptors (Lipinski definition) is 7. The van der Waals surface area contributed by atoms with Crippen LogP contribution in [0, 0.1) is 0 Å². The van der Waals surface area contributed by atoms with Crippen molar-refractivity contribution in [2.24, 2.45) is 0 Å². The van der Waals surface area contributed by atoms with Gasteiger partial charge in [0.05, 0.1) is 5.56 Å². The van der Waals surface area contributed by atoms with Gasteiger partial charge < -0.3 is 18.9 Å². The normalized spacial score (nSPS) is 10.4. The highest BCUT2D eigenvalue weighted by atomic mass is 16.5. The number of rotatable bonds is 11. The lowest BCUT2D eigenvalue weighted by molar-refractivity contribution is 0.0462. The van der Waals surface area contributed by atoms with Crippen LogP contribution in [0.4, 0.5) is 0 Å². The summed E-state index contributed by atoms with van der Waals surface area (Å²) in [5, 5.41) is 0. The SMILES string of the molecule is O=C(OCc1ccccc1)c1cc(OCc2ccccc2)nc(OCc2ccccc2)c1C(=O)Oc1ccccc1. The molecule has 0 radical (unpaired) electrons. The van der Waals surface area contributed by atoms with Gasteiger partial charge in [-0.15, -0.1) is 0 Å². The van der Waals surface area contributed by atoms with E-state index in [1.54, 1.807) is 30.3 Å². The zero-order valence-electron chi connectivity index (χ0n) is 22.1. The average Bonchev–Trinajstić information content (AvgIpc) is 3.03. The Labute approximate surface area is 237 Å². The molecule has 7 nitrogen and oxygen atoms in total. The molecule has 0 saturated heterocycles. The summed E-state index contributed by atoms with van der Waals surface area (Å²) in [5.74, 6) is -1.26. The van der Waals surface area contributed by atoms with Crippen LogP contribution in [0.25, 0.3) is 0 Å². The first kappa shape index (κ1) is 27.1. The molecule has 7 heteroatoms. The van der Waals surface area contributed by atoms with Crippen molar-refractivity contribution in [2.75, 3.05) is 0 Å². The van der Waals surface area contributed by atoms with Gasteiger partial charge in [-0.05, 0) is 28.8 Å². The summed E-state index contributed by atoms with van der Waals surface area (Å²) in [7, 11) is 0. The zero-order chi connectivity index (χ0) is 28.3. The van der Waals surface area contributed by atoms with Crippen molar-refractivity contribution < 1.29 is 28.5 Å². The van der Waals surface area contributed by atoms with E-state index in [1.807, 2.05) is 91.0 Å². The van der Waals surface area contributed by atoms with Gasteiger partial charge in [0.15, 0.2) is 0 Å². The number of esters is 2. The first-order valence-electron chi connectivity index (χ1n) is 13.0. The molecule has 0 aliphatic carbocycles. The van der Waals surface area contributed by atoms with E-state index >= 15 is 0 Å². The zero-order valence-corrected chi connectivity index (χ0v) is 22.1. The molecule has 0 atom stereocenters. The molecule has 5 rings (SSSR count). The maximum absolute atomic E-state index is 13.5. The number of aromatic nitrogens is 1. The largest absolute Gasteiger partial charge is 0.473 e. The van der Waals surface area contributed by atoms with E-state index in [1.165, 1.54) is 6.07 Å². The number of carbonyl (C=O) groups excluding carboxylic acids is 2. The Morgan fingerprint density at radius 2 is 1.05 bits per heavy atom. The first-order chi connectivity index (χ1) is 20.2. The van der Waals surface area contributed by atoms with E-state index in [0.29, 0.717) is 5.75 Å². The lowest BCUT2D eigenvalue weighted by atomic mass is 10.1. The molecule has 0 unspecified atom stereocenters. The number of nitrogens with zero attached hydrogens (tertiary/aromatic N) is 1. The van der Waals surface area contributed by atoms with Gasteiger partial charge >= 0.3 is 11.9 Å². The van der Waals surface area contributed by atoms with Gasteiger partial charge in [-0.3, -0.25) is 0 Å². The standard InChI is InChI=1S/C34H27NO6/c36-33(40-24-27-17-9-3-10-18-27)29-21-30(38-22-25-13-5-1-6-14-25)35-32(39-23-26-15-7-2-8-16-26)31(29)34(37)41-28-19-11-4-12-20-28/h1-21H,22-24H2. The number of hydrogen-bond donors (Lipinski definition) is 0. The van der Waals surface area contributed by atoms with Crippen LogP contribution in [-0.4, -0.2) is 16.9 Å². The van der Waals surface area contributed by atoms with Crippen LogP contribution in [0.5, 0.6) is 17.5 Å². The van der Waals surface area contributed by atoms with Gasteiger partial charge in [0.2, 0.25) is 11.8 Å². The molecular formula is C34H27NO6. The maximum atomic E-state index is 13.5. The molecule has 0 amide bonds. The predicted octanol–water partition coefficient (Wildman–Crippen LogP) is 6.82. The molecule has 1 heterocycles. The summed E-state index contributed by atoms with van der Waals surface area (Å²) >= 11 is 0. The summed E-state index contributed by atoms with van der Waals surface area (Å²) in [6.45, 7) is 0.300. The summed E-state index contributed by atoms with van der Waals surface area (Å²) < 4.78 is 23.2. The van der Waals surface area contributed by atoms with E-state index in [9.17, 15) is 9.59 Å². The maximum Gasteiger partial charge on any atom is 0.349 e. The molecule has 0 bridgehead atoms. The highest BCUT2D eigenvalue weighted by Gasteiger charge is 2.28. The lowest BCUT2D eigenvalue weighted by Gasteiger charge is -2.16. The molecule has 0 spiro atoms. The third-order valence-electron chi connectivity index (χ3n) is 6.00. The lowest BCUT2D eigenvalue weighted by Crippen LogP contribution is -2.19. The third-order valence-corrected chi connectivity index (χ3v) is 6.00. The fourth-order valence-corrected chi connectivity index (χ4v) is 3.94. The van der Waals surface area contributed by atoms with Crippen LogP contribution < -0.4 is 14.2 Å². The Kier molecular flexibility index (Phi) is 8.99. The second-order valence-corrected chi connectivity index (χ2v) is 9.00. The van der Waals surface area contributed by atoms with Crippen molar-refractivity contribution in [3.05, 3.63) is 155 Å². The summed E-state index contributed by atoms with van der Waals surface area (Å²) in [5.41, 5.74) is 2.31. The van der Waals surface area contributed by atoms with Crippen LogP contribution in [-0.2, 0) is 24.6 Å². The van der Waals surface area contributed by atoms with Crippen LogP contribution in [0.15, 0.2) is 127 Å². The summed E-state index contributed by atoms with van der Waals surface area (Å²) in [6.07, 6.45) is 0. The first-order valence-corrected chi connectivity index (χ1v) is 13.0. The second-order valence-electron chi connectivity index (χ2n) is 9.00. The van der Waals surface area contributed by atoms with Crippen molar-refractivity contribution in [1.29, 1.82) is 0 Å². The number of para-hydroxylation sites is 1. The van der Waals surface area contributed by atoms with Gasteiger partial charge in [0.25, 0.3) is 0 Å². The third kappa shape index (κ3) is 7.58. The number of benzene rings is 4. The topological polar surface area (TPSA) is 84.0 Å². The minimum absolute atomic E-state index is 0.00950. The van der Waals surface area contributed by atoms with E-state index in [-0.39, 0.29) is 42.7 Å². The van der Waals surface area contributed by atoms with Crippen molar-refractivity contribution >= 4 is 11.9 Å². The fraction of sp³-hybridized carbons (Fsp3) is 0.0882. The molecule has 0 aliphatic heterocycles.